The molecule has 19 heavy (non-hydrogen) atoms. The molecule has 2 aromatic rings. The molecule has 0 saturated carbocycles. The highest BCUT2D eigenvalue weighted by atomic mass is 32.1. The Hall–Kier alpha value is -2.46. The van der Waals surface area contributed by atoms with Crippen molar-refractivity contribution < 1.29 is 9.18 Å². The van der Waals surface area contributed by atoms with Gasteiger partial charge in [-0.2, -0.15) is 5.26 Å². The molecule has 0 fully saturated rings. The summed E-state index contributed by atoms with van der Waals surface area (Å²) in [6.45, 7) is 0.280. The molecule has 0 aliphatic heterocycles. The Kier molecular flexibility index (Phi) is 4.05. The van der Waals surface area contributed by atoms with Gasteiger partial charge in [0.05, 0.1) is 6.20 Å². The maximum absolute atomic E-state index is 12.7. The van der Waals surface area contributed by atoms with Crippen LogP contribution in [0.1, 0.15) is 10.4 Å². The molecule has 0 aliphatic carbocycles. The third-order valence-electron chi connectivity index (χ3n) is 2.20. The molecule has 2 N–H and O–H groups in total. The van der Waals surface area contributed by atoms with Crippen molar-refractivity contribution in [1.82, 2.24) is 10.3 Å². The number of halogens is 1. The van der Waals surface area contributed by atoms with Gasteiger partial charge in [-0.05, 0) is 17.7 Å². The SMILES string of the molecule is N#Cc1cnc(NC(=O)NCc2ccc(F)cc2)s1. The van der Waals surface area contributed by atoms with Crippen LogP contribution >= 0.6 is 11.3 Å². The van der Waals surface area contributed by atoms with E-state index in [1.807, 2.05) is 6.07 Å². The van der Waals surface area contributed by atoms with Crippen molar-refractivity contribution in [1.29, 1.82) is 5.26 Å². The number of aromatic nitrogens is 1. The number of nitrogens with one attached hydrogen (secondary N) is 2. The highest BCUT2D eigenvalue weighted by Gasteiger charge is 2.05. The van der Waals surface area contributed by atoms with Crippen LogP contribution in [0.3, 0.4) is 0 Å². The predicted octanol–water partition coefficient (Wildman–Crippen LogP) is 2.48. The Morgan fingerprint density at radius 3 is 2.79 bits per heavy atom. The molecule has 0 spiro atoms. The number of rotatable bonds is 3. The quantitative estimate of drug-likeness (QED) is 0.904. The molecule has 1 aromatic heterocycles. The first-order valence-corrected chi connectivity index (χ1v) is 6.14. The second-order valence-corrected chi connectivity index (χ2v) is 4.61. The molecule has 0 unspecified atom stereocenters. The summed E-state index contributed by atoms with van der Waals surface area (Å²) in [7, 11) is 0. The summed E-state index contributed by atoms with van der Waals surface area (Å²) >= 11 is 1.09. The van der Waals surface area contributed by atoms with E-state index in [4.69, 9.17) is 5.26 Å². The number of amides is 2. The van der Waals surface area contributed by atoms with Gasteiger partial charge in [0.1, 0.15) is 16.8 Å². The molecule has 0 bridgehead atoms. The van der Waals surface area contributed by atoms with Crippen molar-refractivity contribution in [3.63, 3.8) is 0 Å². The summed E-state index contributed by atoms with van der Waals surface area (Å²) in [5, 5.41) is 14.1. The van der Waals surface area contributed by atoms with Crippen molar-refractivity contribution in [2.75, 3.05) is 5.32 Å². The average molecular weight is 276 g/mol. The number of benzene rings is 1. The molecule has 0 radical (unpaired) electrons. The topological polar surface area (TPSA) is 77.8 Å². The molecule has 1 aromatic carbocycles. The fourth-order valence-electron chi connectivity index (χ4n) is 1.31. The fourth-order valence-corrected chi connectivity index (χ4v) is 1.92. The van der Waals surface area contributed by atoms with Crippen LogP contribution in [0.4, 0.5) is 14.3 Å². The van der Waals surface area contributed by atoms with Crippen LogP contribution in [0.5, 0.6) is 0 Å². The summed E-state index contributed by atoms with van der Waals surface area (Å²) < 4.78 is 12.7. The second-order valence-electron chi connectivity index (χ2n) is 3.58. The van der Waals surface area contributed by atoms with E-state index in [-0.39, 0.29) is 12.4 Å². The first-order chi connectivity index (χ1) is 9.17. The zero-order chi connectivity index (χ0) is 13.7. The number of hydrogen-bond acceptors (Lipinski definition) is 4. The monoisotopic (exact) mass is 276 g/mol. The van der Waals surface area contributed by atoms with Gasteiger partial charge in [0.15, 0.2) is 5.13 Å². The van der Waals surface area contributed by atoms with Crippen LogP contribution in [0.15, 0.2) is 30.5 Å². The van der Waals surface area contributed by atoms with Gasteiger partial charge in [0.2, 0.25) is 0 Å². The number of thiazole rings is 1. The van der Waals surface area contributed by atoms with Crippen molar-refractivity contribution in [3.05, 3.63) is 46.7 Å². The Morgan fingerprint density at radius 1 is 1.42 bits per heavy atom. The largest absolute Gasteiger partial charge is 0.334 e. The molecule has 5 nitrogen and oxygen atoms in total. The summed E-state index contributed by atoms with van der Waals surface area (Å²) in [4.78, 5) is 15.8. The third-order valence-corrected chi connectivity index (χ3v) is 3.02. The van der Waals surface area contributed by atoms with Gasteiger partial charge in [0.25, 0.3) is 0 Å². The first-order valence-electron chi connectivity index (χ1n) is 5.32. The van der Waals surface area contributed by atoms with Crippen LogP contribution in [0.2, 0.25) is 0 Å². The number of nitriles is 1. The van der Waals surface area contributed by atoms with E-state index in [2.05, 4.69) is 15.6 Å². The summed E-state index contributed by atoms with van der Waals surface area (Å²) in [6, 6.07) is 7.34. The number of anilines is 1. The molecular formula is C12H9FN4OS. The van der Waals surface area contributed by atoms with E-state index < -0.39 is 6.03 Å². The lowest BCUT2D eigenvalue weighted by Crippen LogP contribution is -2.28. The highest BCUT2D eigenvalue weighted by Crippen LogP contribution is 2.16. The summed E-state index contributed by atoms with van der Waals surface area (Å²) in [5.41, 5.74) is 0.786. The van der Waals surface area contributed by atoms with E-state index >= 15 is 0 Å². The Bertz CT molecular complexity index is 617. The molecule has 1 heterocycles. The number of carbonyl (C=O) groups excluding carboxylic acids is 1. The maximum atomic E-state index is 12.7. The lowest BCUT2D eigenvalue weighted by molar-refractivity contribution is 0.251. The standard InChI is InChI=1S/C12H9FN4OS/c13-9-3-1-8(2-4-9)6-15-11(18)17-12-16-7-10(5-14)19-12/h1-4,7H,6H2,(H2,15,16,17,18). The van der Waals surface area contributed by atoms with E-state index in [1.165, 1.54) is 18.3 Å². The Balaban J connectivity index is 1.84. The van der Waals surface area contributed by atoms with Crippen LogP contribution in [-0.4, -0.2) is 11.0 Å². The molecular weight excluding hydrogens is 267 g/mol. The molecule has 0 aliphatic rings. The van der Waals surface area contributed by atoms with Gasteiger partial charge in [-0.3, -0.25) is 5.32 Å². The normalized spacial score (nSPS) is 9.68. The molecule has 96 valence electrons. The predicted molar refractivity (Wildman–Crippen MR) is 69.1 cm³/mol. The van der Waals surface area contributed by atoms with Crippen LogP contribution in [0.25, 0.3) is 0 Å². The molecule has 2 rings (SSSR count). The number of nitrogens with zero attached hydrogens (tertiary/aromatic N) is 2. The maximum Gasteiger partial charge on any atom is 0.321 e. The van der Waals surface area contributed by atoms with Gasteiger partial charge >= 0.3 is 6.03 Å². The smallest absolute Gasteiger partial charge is 0.321 e. The lowest BCUT2D eigenvalue weighted by atomic mass is 10.2. The minimum Gasteiger partial charge on any atom is -0.334 e. The third kappa shape index (κ3) is 3.76. The van der Waals surface area contributed by atoms with Crippen molar-refractivity contribution in [2.24, 2.45) is 0 Å². The van der Waals surface area contributed by atoms with E-state index in [1.54, 1.807) is 12.1 Å². The number of carbonyl (C=O) groups is 1. The molecule has 7 heteroatoms. The summed E-state index contributed by atoms with van der Waals surface area (Å²) in [5.74, 6) is -0.319. The molecule has 0 atom stereocenters. The van der Waals surface area contributed by atoms with Crippen molar-refractivity contribution in [2.45, 2.75) is 6.54 Å². The highest BCUT2D eigenvalue weighted by molar-refractivity contribution is 7.16. The Labute approximate surface area is 112 Å². The van der Waals surface area contributed by atoms with Gasteiger partial charge in [-0.25, -0.2) is 14.2 Å². The molecule has 0 saturated heterocycles. The second kappa shape index (κ2) is 5.93. The van der Waals surface area contributed by atoms with Crippen LogP contribution in [-0.2, 0) is 6.54 Å². The van der Waals surface area contributed by atoms with E-state index in [0.717, 1.165) is 16.9 Å². The van der Waals surface area contributed by atoms with Crippen LogP contribution < -0.4 is 10.6 Å². The first kappa shape index (κ1) is 13.0. The van der Waals surface area contributed by atoms with Gasteiger partial charge in [-0.15, -0.1) is 0 Å². The fraction of sp³-hybridized carbons (Fsp3) is 0.0833. The number of hydrogen-bond donors (Lipinski definition) is 2. The average Bonchev–Trinajstić information content (AvgIpc) is 2.86. The van der Waals surface area contributed by atoms with Crippen LogP contribution in [0, 0.1) is 17.1 Å². The van der Waals surface area contributed by atoms with Crippen molar-refractivity contribution >= 4 is 22.5 Å². The summed E-state index contributed by atoms with van der Waals surface area (Å²) in [6.07, 6.45) is 1.39. The minimum absolute atomic E-state index is 0.280. The number of urea groups is 1. The van der Waals surface area contributed by atoms with Crippen molar-refractivity contribution in [3.8, 4) is 6.07 Å². The lowest BCUT2D eigenvalue weighted by Gasteiger charge is -2.05. The van der Waals surface area contributed by atoms with Gasteiger partial charge in [0, 0.05) is 6.54 Å². The molecule has 2 amide bonds. The van der Waals surface area contributed by atoms with E-state index in [0.29, 0.717) is 10.0 Å². The zero-order valence-electron chi connectivity index (χ0n) is 9.68. The Morgan fingerprint density at radius 2 is 2.16 bits per heavy atom. The van der Waals surface area contributed by atoms with Gasteiger partial charge < -0.3 is 5.32 Å². The van der Waals surface area contributed by atoms with Gasteiger partial charge in [-0.1, -0.05) is 23.5 Å². The minimum atomic E-state index is -0.428. The van der Waals surface area contributed by atoms with E-state index in [9.17, 15) is 9.18 Å². The zero-order valence-corrected chi connectivity index (χ0v) is 10.5.